The van der Waals surface area contributed by atoms with Gasteiger partial charge in [0, 0.05) is 19.6 Å². The Hall–Kier alpha value is -1.96. The predicted octanol–water partition coefficient (Wildman–Crippen LogP) is 3.19. The number of sulfonamides is 1. The van der Waals surface area contributed by atoms with Crippen molar-refractivity contribution in [2.24, 2.45) is 0 Å². The summed E-state index contributed by atoms with van der Waals surface area (Å²) in [4.78, 5) is 12.4. The van der Waals surface area contributed by atoms with Gasteiger partial charge in [-0.3, -0.25) is 4.79 Å². The Balaban J connectivity index is 1.65. The Bertz CT molecular complexity index is 911. The predicted molar refractivity (Wildman–Crippen MR) is 97.0 cm³/mol. The van der Waals surface area contributed by atoms with E-state index in [0.717, 1.165) is 24.5 Å². The molecule has 0 bridgehead atoms. The lowest BCUT2D eigenvalue weighted by Gasteiger charge is -2.15. The van der Waals surface area contributed by atoms with Crippen molar-refractivity contribution in [1.29, 1.82) is 0 Å². The summed E-state index contributed by atoms with van der Waals surface area (Å²) in [5.74, 6) is -0.940. The Morgan fingerprint density at radius 1 is 1.12 bits per heavy atom. The molecule has 138 valence electrons. The molecule has 1 heterocycles. The van der Waals surface area contributed by atoms with E-state index in [-0.39, 0.29) is 22.0 Å². The van der Waals surface area contributed by atoms with E-state index in [9.17, 15) is 17.6 Å². The number of nitrogens with one attached hydrogen (secondary N) is 1. The largest absolute Gasteiger partial charge is 0.348 e. The summed E-state index contributed by atoms with van der Waals surface area (Å²) >= 11 is 5.87. The summed E-state index contributed by atoms with van der Waals surface area (Å²) in [5, 5.41) is 2.72. The highest BCUT2D eigenvalue weighted by Crippen LogP contribution is 2.21. The first kappa shape index (κ1) is 18.8. The molecule has 8 heteroatoms. The van der Waals surface area contributed by atoms with Gasteiger partial charge in [-0.05, 0) is 48.7 Å². The fourth-order valence-electron chi connectivity index (χ4n) is 2.81. The van der Waals surface area contributed by atoms with E-state index >= 15 is 0 Å². The smallest absolute Gasteiger partial charge is 0.253 e. The van der Waals surface area contributed by atoms with Gasteiger partial charge in [0.15, 0.2) is 0 Å². The molecule has 0 radical (unpaired) electrons. The van der Waals surface area contributed by atoms with Gasteiger partial charge < -0.3 is 5.32 Å². The minimum atomic E-state index is -3.45. The molecule has 1 N–H and O–H groups in total. The highest BCUT2D eigenvalue weighted by atomic mass is 35.5. The number of rotatable bonds is 5. The highest BCUT2D eigenvalue weighted by molar-refractivity contribution is 7.89. The molecular formula is C18H18ClFN2O3S. The van der Waals surface area contributed by atoms with Crippen LogP contribution in [0.2, 0.25) is 5.02 Å². The maximum absolute atomic E-state index is 13.0. The quantitative estimate of drug-likeness (QED) is 0.844. The van der Waals surface area contributed by atoms with E-state index in [4.69, 9.17) is 11.6 Å². The number of hydrogen-bond acceptors (Lipinski definition) is 3. The van der Waals surface area contributed by atoms with Gasteiger partial charge in [0.05, 0.1) is 15.5 Å². The first-order valence-electron chi connectivity index (χ1n) is 8.20. The van der Waals surface area contributed by atoms with Crippen LogP contribution in [0.3, 0.4) is 0 Å². The van der Waals surface area contributed by atoms with Crippen molar-refractivity contribution >= 4 is 27.5 Å². The zero-order valence-corrected chi connectivity index (χ0v) is 15.5. The molecule has 0 spiro atoms. The number of benzene rings is 2. The van der Waals surface area contributed by atoms with E-state index in [1.807, 2.05) is 0 Å². The molecule has 1 aliphatic heterocycles. The lowest BCUT2D eigenvalue weighted by molar-refractivity contribution is 0.0951. The van der Waals surface area contributed by atoms with Crippen molar-refractivity contribution in [3.05, 3.63) is 64.4 Å². The van der Waals surface area contributed by atoms with Crippen molar-refractivity contribution in [2.45, 2.75) is 24.3 Å². The van der Waals surface area contributed by atoms with Crippen LogP contribution in [0.25, 0.3) is 0 Å². The van der Waals surface area contributed by atoms with Crippen LogP contribution in [0.5, 0.6) is 0 Å². The summed E-state index contributed by atoms with van der Waals surface area (Å²) < 4.78 is 39.5. The number of carbonyl (C=O) groups is 1. The summed E-state index contributed by atoms with van der Waals surface area (Å²) in [5.41, 5.74) is 0.929. The van der Waals surface area contributed by atoms with Gasteiger partial charge in [0.2, 0.25) is 10.0 Å². The fraction of sp³-hybridized carbons (Fsp3) is 0.278. The van der Waals surface area contributed by atoms with Crippen LogP contribution in [-0.2, 0) is 16.6 Å². The molecule has 26 heavy (non-hydrogen) atoms. The van der Waals surface area contributed by atoms with E-state index < -0.39 is 21.7 Å². The Morgan fingerprint density at radius 3 is 2.38 bits per heavy atom. The second kappa shape index (κ2) is 7.73. The van der Waals surface area contributed by atoms with Crippen LogP contribution in [-0.4, -0.2) is 31.7 Å². The van der Waals surface area contributed by atoms with Gasteiger partial charge in [-0.15, -0.1) is 0 Å². The van der Waals surface area contributed by atoms with Gasteiger partial charge in [-0.25, -0.2) is 12.8 Å². The molecule has 1 aliphatic rings. The molecule has 1 saturated heterocycles. The van der Waals surface area contributed by atoms with E-state index in [0.29, 0.717) is 13.1 Å². The van der Waals surface area contributed by atoms with Gasteiger partial charge in [0.25, 0.3) is 5.91 Å². The highest BCUT2D eigenvalue weighted by Gasteiger charge is 2.26. The number of amides is 1. The summed E-state index contributed by atoms with van der Waals surface area (Å²) in [6.07, 6.45) is 1.77. The third-order valence-corrected chi connectivity index (χ3v) is 6.48. The fourth-order valence-corrected chi connectivity index (χ4v) is 4.58. The average Bonchev–Trinajstić information content (AvgIpc) is 3.15. The normalized spacial score (nSPS) is 15.2. The molecule has 1 fully saturated rings. The molecule has 0 aliphatic carbocycles. The van der Waals surface area contributed by atoms with Crippen LogP contribution in [0.4, 0.5) is 4.39 Å². The maximum atomic E-state index is 13.0. The summed E-state index contributed by atoms with van der Waals surface area (Å²) in [6.45, 7) is 1.31. The Morgan fingerprint density at radius 2 is 1.77 bits per heavy atom. The van der Waals surface area contributed by atoms with Crippen LogP contribution in [0, 0.1) is 5.82 Å². The zero-order chi connectivity index (χ0) is 18.7. The second-order valence-corrected chi connectivity index (χ2v) is 8.41. The van der Waals surface area contributed by atoms with Crippen molar-refractivity contribution in [2.75, 3.05) is 13.1 Å². The van der Waals surface area contributed by atoms with E-state index in [1.165, 1.54) is 16.4 Å². The Labute approximate surface area is 156 Å². The molecule has 0 saturated carbocycles. The first-order valence-corrected chi connectivity index (χ1v) is 10.0. The standard InChI is InChI=1S/C18H18ClFN2O3S/c19-17-11-14(20)5-8-16(17)18(23)21-12-13-3-6-15(7-4-13)26(24,25)22-9-1-2-10-22/h3-8,11H,1-2,9-10,12H2,(H,21,23). The lowest BCUT2D eigenvalue weighted by atomic mass is 10.2. The maximum Gasteiger partial charge on any atom is 0.253 e. The van der Waals surface area contributed by atoms with Crippen molar-refractivity contribution in [3.8, 4) is 0 Å². The first-order chi connectivity index (χ1) is 12.4. The molecule has 2 aromatic rings. The zero-order valence-electron chi connectivity index (χ0n) is 13.9. The SMILES string of the molecule is O=C(NCc1ccc(S(=O)(=O)N2CCCC2)cc1)c1ccc(F)cc1Cl. The van der Waals surface area contributed by atoms with Crippen LogP contribution >= 0.6 is 11.6 Å². The Kier molecular flexibility index (Phi) is 5.60. The summed E-state index contributed by atoms with van der Waals surface area (Å²) in [7, 11) is -3.45. The minimum absolute atomic E-state index is 0.0366. The third-order valence-electron chi connectivity index (χ3n) is 4.25. The number of carbonyl (C=O) groups excluding carboxylic acids is 1. The minimum Gasteiger partial charge on any atom is -0.348 e. The van der Waals surface area contributed by atoms with E-state index in [2.05, 4.69) is 5.32 Å². The number of hydrogen-bond donors (Lipinski definition) is 1. The molecule has 5 nitrogen and oxygen atoms in total. The van der Waals surface area contributed by atoms with Gasteiger partial charge in [-0.2, -0.15) is 4.31 Å². The molecule has 3 rings (SSSR count). The van der Waals surface area contributed by atoms with Crippen LogP contribution in [0.1, 0.15) is 28.8 Å². The molecule has 1 amide bonds. The van der Waals surface area contributed by atoms with Crippen molar-refractivity contribution in [3.63, 3.8) is 0 Å². The number of nitrogens with zero attached hydrogens (tertiary/aromatic N) is 1. The molecule has 0 atom stereocenters. The molecular weight excluding hydrogens is 379 g/mol. The second-order valence-electron chi connectivity index (χ2n) is 6.06. The van der Waals surface area contributed by atoms with Gasteiger partial charge >= 0.3 is 0 Å². The van der Waals surface area contributed by atoms with Crippen LogP contribution in [0.15, 0.2) is 47.4 Å². The van der Waals surface area contributed by atoms with Crippen LogP contribution < -0.4 is 5.32 Å². The molecule has 0 aromatic heterocycles. The average molecular weight is 397 g/mol. The van der Waals surface area contributed by atoms with Crippen molar-refractivity contribution in [1.82, 2.24) is 9.62 Å². The van der Waals surface area contributed by atoms with E-state index in [1.54, 1.807) is 24.3 Å². The third kappa shape index (κ3) is 4.06. The number of halogens is 2. The van der Waals surface area contributed by atoms with Crippen molar-refractivity contribution < 1.29 is 17.6 Å². The molecule has 2 aromatic carbocycles. The molecule has 0 unspecified atom stereocenters. The lowest BCUT2D eigenvalue weighted by Crippen LogP contribution is -2.28. The van der Waals surface area contributed by atoms with Gasteiger partial charge in [-0.1, -0.05) is 23.7 Å². The summed E-state index contributed by atoms with van der Waals surface area (Å²) in [6, 6.07) is 9.97. The van der Waals surface area contributed by atoms with Gasteiger partial charge in [0.1, 0.15) is 5.82 Å². The topological polar surface area (TPSA) is 66.5 Å². The monoisotopic (exact) mass is 396 g/mol.